The van der Waals surface area contributed by atoms with Crippen molar-refractivity contribution in [3.8, 4) is 0 Å². The fourth-order valence-corrected chi connectivity index (χ4v) is 4.33. The Morgan fingerprint density at radius 3 is 2.30 bits per heavy atom. The van der Waals surface area contributed by atoms with Gasteiger partial charge in [0.05, 0.1) is 11.3 Å². The third-order valence-corrected chi connectivity index (χ3v) is 6.17. The van der Waals surface area contributed by atoms with Gasteiger partial charge in [-0.1, -0.05) is 54.1 Å². The van der Waals surface area contributed by atoms with Crippen LogP contribution in [0.15, 0.2) is 54.6 Å². The van der Waals surface area contributed by atoms with Gasteiger partial charge < -0.3 is 10.0 Å². The van der Waals surface area contributed by atoms with Crippen molar-refractivity contribution >= 4 is 23.5 Å². The minimum atomic E-state index is -0.849. The van der Waals surface area contributed by atoms with Gasteiger partial charge >= 0.3 is 5.97 Å². The lowest BCUT2D eigenvalue weighted by atomic mass is 9.89. The fraction of sp³-hybridized carbons (Fsp3) is 0.364. The summed E-state index contributed by atoms with van der Waals surface area (Å²) in [5, 5.41) is 10.3. The lowest BCUT2D eigenvalue weighted by Gasteiger charge is -2.23. The molecule has 0 spiro atoms. The second-order valence-electron chi connectivity index (χ2n) is 7.76. The standard InChI is InChI=1S/C22H22ClNO3/c23-17-8-6-16(7-9-17)18-13-24(14-19(18)20(25)26)21(27)22(10-11-22)12-15-4-2-1-3-5-15/h1-9,18-19H,10-14H2,(H,25,26)/t18-,19+/m0/s1. The highest BCUT2D eigenvalue weighted by molar-refractivity contribution is 6.30. The van der Waals surface area contributed by atoms with Crippen LogP contribution in [0.1, 0.15) is 29.9 Å². The normalized spacial score (nSPS) is 23.2. The van der Waals surface area contributed by atoms with E-state index in [9.17, 15) is 14.7 Å². The highest BCUT2D eigenvalue weighted by atomic mass is 35.5. The Morgan fingerprint density at radius 1 is 1.04 bits per heavy atom. The number of hydrogen-bond donors (Lipinski definition) is 1. The van der Waals surface area contributed by atoms with Crippen LogP contribution in [0.3, 0.4) is 0 Å². The summed E-state index contributed by atoms with van der Waals surface area (Å²) in [6.07, 6.45) is 2.48. The van der Waals surface area contributed by atoms with E-state index in [-0.39, 0.29) is 23.8 Å². The largest absolute Gasteiger partial charge is 0.481 e. The fourth-order valence-electron chi connectivity index (χ4n) is 4.21. The van der Waals surface area contributed by atoms with E-state index in [1.54, 1.807) is 17.0 Å². The van der Waals surface area contributed by atoms with Crippen molar-refractivity contribution in [3.05, 3.63) is 70.7 Å². The van der Waals surface area contributed by atoms with Crippen molar-refractivity contribution in [1.29, 1.82) is 0 Å². The molecule has 5 heteroatoms. The second kappa shape index (κ2) is 7.01. The molecular formula is C22H22ClNO3. The molecule has 1 aliphatic carbocycles. The first-order valence-electron chi connectivity index (χ1n) is 9.30. The van der Waals surface area contributed by atoms with Crippen molar-refractivity contribution in [2.24, 2.45) is 11.3 Å². The number of rotatable bonds is 5. The summed E-state index contributed by atoms with van der Waals surface area (Å²) in [6, 6.07) is 17.3. The number of carbonyl (C=O) groups is 2. The van der Waals surface area contributed by atoms with Crippen molar-refractivity contribution in [1.82, 2.24) is 4.90 Å². The maximum absolute atomic E-state index is 13.2. The molecule has 2 aliphatic rings. The number of carbonyl (C=O) groups excluding carboxylic acids is 1. The molecule has 1 heterocycles. The summed E-state index contributed by atoms with van der Waals surface area (Å²) in [5.74, 6) is -1.52. The Morgan fingerprint density at radius 2 is 1.70 bits per heavy atom. The molecule has 0 bridgehead atoms. The van der Waals surface area contributed by atoms with Gasteiger partial charge in [-0.15, -0.1) is 0 Å². The molecule has 1 N–H and O–H groups in total. The second-order valence-corrected chi connectivity index (χ2v) is 8.19. The summed E-state index contributed by atoms with van der Waals surface area (Å²) >= 11 is 5.96. The van der Waals surface area contributed by atoms with Crippen LogP contribution in [0.5, 0.6) is 0 Å². The molecule has 0 unspecified atom stereocenters. The van der Waals surface area contributed by atoms with Crippen LogP contribution in [0, 0.1) is 11.3 Å². The number of hydrogen-bond acceptors (Lipinski definition) is 2. The van der Waals surface area contributed by atoms with Crippen molar-refractivity contribution in [2.75, 3.05) is 13.1 Å². The van der Waals surface area contributed by atoms with Gasteiger partial charge in [0.2, 0.25) is 5.91 Å². The Hall–Kier alpha value is -2.33. The number of likely N-dealkylation sites (tertiary alicyclic amines) is 1. The Balaban J connectivity index is 1.53. The van der Waals surface area contributed by atoms with Crippen molar-refractivity contribution in [2.45, 2.75) is 25.2 Å². The lowest BCUT2D eigenvalue weighted by Crippen LogP contribution is -2.37. The molecule has 1 amide bonds. The van der Waals surface area contributed by atoms with E-state index in [0.29, 0.717) is 11.6 Å². The van der Waals surface area contributed by atoms with Crippen LogP contribution in [0.2, 0.25) is 5.02 Å². The Bertz CT molecular complexity index is 846. The minimum absolute atomic E-state index is 0.106. The molecule has 140 valence electrons. The molecule has 2 aromatic carbocycles. The molecule has 0 aromatic heterocycles. The SMILES string of the molecule is O=C(O)[C@@H]1CN(C(=O)C2(Cc3ccccc3)CC2)C[C@H]1c1ccc(Cl)cc1. The van der Waals surface area contributed by atoms with E-state index >= 15 is 0 Å². The molecular weight excluding hydrogens is 362 g/mol. The van der Waals surface area contributed by atoms with Gasteiger partial charge in [-0.2, -0.15) is 0 Å². The minimum Gasteiger partial charge on any atom is -0.481 e. The molecule has 0 radical (unpaired) electrons. The van der Waals surface area contributed by atoms with E-state index in [1.807, 2.05) is 42.5 Å². The maximum Gasteiger partial charge on any atom is 0.308 e. The number of aliphatic carboxylic acids is 1. The van der Waals surface area contributed by atoms with Gasteiger partial charge in [-0.25, -0.2) is 0 Å². The van der Waals surface area contributed by atoms with Gasteiger partial charge in [0.1, 0.15) is 0 Å². The zero-order chi connectivity index (χ0) is 19.0. The molecule has 27 heavy (non-hydrogen) atoms. The zero-order valence-corrected chi connectivity index (χ0v) is 15.7. The summed E-state index contributed by atoms with van der Waals surface area (Å²) in [7, 11) is 0. The van der Waals surface area contributed by atoms with Gasteiger partial charge in [0, 0.05) is 24.0 Å². The third-order valence-electron chi connectivity index (χ3n) is 5.92. The summed E-state index contributed by atoms with van der Waals surface area (Å²) in [4.78, 5) is 26.8. The van der Waals surface area contributed by atoms with Crippen LogP contribution < -0.4 is 0 Å². The first kappa shape index (κ1) is 18.1. The summed E-state index contributed by atoms with van der Waals surface area (Å²) in [5.41, 5.74) is 1.74. The topological polar surface area (TPSA) is 57.6 Å². The Labute approximate surface area is 163 Å². The van der Waals surface area contributed by atoms with Gasteiger partial charge in [-0.05, 0) is 42.5 Å². The monoisotopic (exact) mass is 383 g/mol. The van der Waals surface area contributed by atoms with E-state index < -0.39 is 11.9 Å². The van der Waals surface area contributed by atoms with E-state index in [4.69, 9.17) is 11.6 Å². The van der Waals surface area contributed by atoms with E-state index in [0.717, 1.165) is 30.4 Å². The molecule has 1 aliphatic heterocycles. The lowest BCUT2D eigenvalue weighted by molar-refractivity contribution is -0.142. The predicted molar refractivity (Wildman–Crippen MR) is 104 cm³/mol. The van der Waals surface area contributed by atoms with Gasteiger partial charge in [0.15, 0.2) is 0 Å². The van der Waals surface area contributed by atoms with E-state index in [2.05, 4.69) is 0 Å². The molecule has 2 fully saturated rings. The van der Waals surface area contributed by atoms with Crippen molar-refractivity contribution < 1.29 is 14.7 Å². The zero-order valence-electron chi connectivity index (χ0n) is 15.0. The van der Waals surface area contributed by atoms with Crippen molar-refractivity contribution in [3.63, 3.8) is 0 Å². The number of nitrogens with zero attached hydrogens (tertiary/aromatic N) is 1. The van der Waals surface area contributed by atoms with Crippen LogP contribution in [-0.4, -0.2) is 35.0 Å². The van der Waals surface area contributed by atoms with Crippen LogP contribution in [0.4, 0.5) is 0 Å². The number of carboxylic acid groups (broad SMARTS) is 1. The van der Waals surface area contributed by atoms with Crippen LogP contribution in [0.25, 0.3) is 0 Å². The molecule has 4 nitrogen and oxygen atoms in total. The van der Waals surface area contributed by atoms with Crippen LogP contribution >= 0.6 is 11.6 Å². The highest BCUT2D eigenvalue weighted by Crippen LogP contribution is 2.51. The maximum atomic E-state index is 13.2. The van der Waals surface area contributed by atoms with Gasteiger partial charge in [0.25, 0.3) is 0 Å². The Kier molecular flexibility index (Phi) is 4.68. The van der Waals surface area contributed by atoms with Gasteiger partial charge in [-0.3, -0.25) is 9.59 Å². The molecule has 1 saturated carbocycles. The first-order valence-corrected chi connectivity index (χ1v) is 9.68. The van der Waals surface area contributed by atoms with E-state index in [1.165, 1.54) is 0 Å². The number of benzene rings is 2. The summed E-state index contributed by atoms with van der Waals surface area (Å²) in [6.45, 7) is 0.728. The number of carboxylic acids is 1. The average molecular weight is 384 g/mol. The average Bonchev–Trinajstić information content (AvgIpc) is 3.30. The smallest absolute Gasteiger partial charge is 0.308 e. The molecule has 1 saturated heterocycles. The first-order chi connectivity index (χ1) is 13.0. The molecule has 2 aromatic rings. The predicted octanol–water partition coefficient (Wildman–Crippen LogP) is 3.99. The molecule has 2 atom stereocenters. The van der Waals surface area contributed by atoms with Crippen LogP contribution in [-0.2, 0) is 16.0 Å². The number of amides is 1. The number of halogens is 1. The third kappa shape index (κ3) is 3.59. The molecule has 4 rings (SSSR count). The highest BCUT2D eigenvalue weighted by Gasteiger charge is 2.54. The quantitative estimate of drug-likeness (QED) is 0.849. The summed E-state index contributed by atoms with van der Waals surface area (Å²) < 4.78 is 0.